The lowest BCUT2D eigenvalue weighted by Gasteiger charge is -2.05. The van der Waals surface area contributed by atoms with Gasteiger partial charge in [-0.3, -0.25) is 0 Å². The third kappa shape index (κ3) is 4.98. The Kier molecular flexibility index (Phi) is 4.58. The molecule has 13 heteroatoms. The average molecular weight is 295 g/mol. The third-order valence-electron chi connectivity index (χ3n) is 0.879. The van der Waals surface area contributed by atoms with Crippen LogP contribution in [0.15, 0.2) is 3.77 Å². The Hall–Kier alpha value is -0.560. The van der Waals surface area contributed by atoms with Crippen molar-refractivity contribution in [2.24, 2.45) is 3.77 Å². The van der Waals surface area contributed by atoms with Crippen LogP contribution in [-0.4, -0.2) is 30.3 Å². The number of rotatable bonds is 4. The molecular weight excluding hydrogens is 292 g/mol. The van der Waals surface area contributed by atoms with Crippen LogP contribution in [0.5, 0.6) is 0 Å². The molecule has 0 aliphatic heterocycles. The highest BCUT2D eigenvalue weighted by Crippen LogP contribution is 2.21. The summed E-state index contributed by atoms with van der Waals surface area (Å²) in [6, 6.07) is 0. The molecular formula is C3H3F6NO4S2. The molecule has 16 heavy (non-hydrogen) atoms. The van der Waals surface area contributed by atoms with Crippen LogP contribution in [0.4, 0.5) is 26.5 Å². The summed E-state index contributed by atoms with van der Waals surface area (Å²) in [5.41, 5.74) is 0. The van der Waals surface area contributed by atoms with Crippen LogP contribution >= 0.6 is 0 Å². The van der Waals surface area contributed by atoms with Gasteiger partial charge in [-0.15, -0.1) is 0 Å². The number of alkyl halides is 5. The molecule has 0 saturated heterocycles. The zero-order chi connectivity index (χ0) is 13.2. The second-order valence-corrected chi connectivity index (χ2v) is 5.82. The predicted octanol–water partition coefficient (Wildman–Crippen LogP) is 1.39. The number of sulfonamides is 1. The second kappa shape index (κ2) is 4.75. The number of nitrogens with zero attached hydrogens (tertiary/aromatic N) is 1. The Bertz CT molecular complexity index is 445. The molecule has 1 unspecified atom stereocenters. The fourth-order valence-corrected chi connectivity index (χ4v) is 2.76. The van der Waals surface area contributed by atoms with Gasteiger partial charge in [0, 0.05) is 0 Å². The third-order valence-corrected chi connectivity index (χ3v) is 3.94. The Morgan fingerprint density at radius 1 is 1.19 bits per heavy atom. The van der Waals surface area contributed by atoms with Gasteiger partial charge in [0.1, 0.15) is 0 Å². The van der Waals surface area contributed by atoms with E-state index in [1.54, 1.807) is 3.77 Å². The first kappa shape index (κ1) is 15.4. The van der Waals surface area contributed by atoms with E-state index in [2.05, 4.69) is 4.39 Å². The average Bonchev–Trinajstić information content (AvgIpc) is 1.97. The monoisotopic (exact) mass is 295 g/mol. The molecule has 5 nitrogen and oxygen atoms in total. The first-order valence-corrected chi connectivity index (χ1v) is 6.18. The molecule has 0 radical (unpaired) electrons. The molecule has 0 heterocycles. The van der Waals surface area contributed by atoms with E-state index in [-0.39, 0.29) is 0 Å². The highest BCUT2D eigenvalue weighted by molar-refractivity contribution is 8.01. The largest absolute Gasteiger partial charge is 0.404 e. The molecule has 0 N–H and O–H groups in total. The summed E-state index contributed by atoms with van der Waals surface area (Å²) < 4.78 is 105. The molecule has 0 aliphatic carbocycles. The van der Waals surface area contributed by atoms with E-state index in [0.717, 1.165) is 0 Å². The van der Waals surface area contributed by atoms with Gasteiger partial charge in [-0.25, -0.2) is 12.6 Å². The zero-order valence-corrected chi connectivity index (χ0v) is 8.58. The van der Waals surface area contributed by atoms with Crippen molar-refractivity contribution in [2.75, 3.05) is 5.75 Å². The normalized spacial score (nSPS) is 17.2. The van der Waals surface area contributed by atoms with Crippen molar-refractivity contribution in [3.05, 3.63) is 0 Å². The van der Waals surface area contributed by atoms with E-state index in [4.69, 9.17) is 0 Å². The maximum Gasteiger partial charge on any atom is 0.404 e. The summed E-state index contributed by atoms with van der Waals surface area (Å²) in [6.45, 7) is 0. The standard InChI is InChI=1S/C3H3F6NO4S2/c4-2(5)16(13,14-9)10-15(11,12)1-3(6,7)8/h2H,1H2. The van der Waals surface area contributed by atoms with Gasteiger partial charge in [-0.2, -0.15) is 22.0 Å². The summed E-state index contributed by atoms with van der Waals surface area (Å²) in [5.74, 6) is -6.85. The Morgan fingerprint density at radius 2 is 1.62 bits per heavy atom. The molecule has 0 aromatic carbocycles. The van der Waals surface area contributed by atoms with Gasteiger partial charge in [-0.05, 0) is 4.53 Å². The lowest BCUT2D eigenvalue weighted by Crippen LogP contribution is -2.23. The molecule has 1 atom stereocenters. The van der Waals surface area contributed by atoms with Crippen molar-refractivity contribution in [3.63, 3.8) is 0 Å². The maximum atomic E-state index is 11.8. The van der Waals surface area contributed by atoms with Crippen LogP contribution in [0.25, 0.3) is 0 Å². The van der Waals surface area contributed by atoms with Gasteiger partial charge in [0.15, 0.2) is 5.75 Å². The van der Waals surface area contributed by atoms with E-state index in [0.29, 0.717) is 0 Å². The van der Waals surface area contributed by atoms with Crippen molar-refractivity contribution >= 4 is 20.0 Å². The van der Waals surface area contributed by atoms with Crippen LogP contribution in [0.3, 0.4) is 0 Å². The predicted molar refractivity (Wildman–Crippen MR) is 38.6 cm³/mol. The number of halogens is 6. The van der Waals surface area contributed by atoms with E-state index < -0.39 is 37.7 Å². The maximum absolute atomic E-state index is 11.8. The van der Waals surface area contributed by atoms with Crippen molar-refractivity contribution in [3.8, 4) is 0 Å². The quantitative estimate of drug-likeness (QED) is 0.735. The molecule has 0 fully saturated rings. The molecule has 0 spiro atoms. The first-order valence-electron chi connectivity index (χ1n) is 3.07. The van der Waals surface area contributed by atoms with Crippen LogP contribution in [-0.2, 0) is 24.4 Å². The Morgan fingerprint density at radius 3 is 1.88 bits per heavy atom. The van der Waals surface area contributed by atoms with E-state index >= 15 is 0 Å². The molecule has 0 saturated carbocycles. The van der Waals surface area contributed by atoms with Gasteiger partial charge in [-0.1, -0.05) is 8.16 Å². The van der Waals surface area contributed by atoms with Crippen molar-refractivity contribution in [1.82, 2.24) is 0 Å². The molecule has 0 aromatic heterocycles. The topological polar surface area (TPSA) is 72.8 Å². The van der Waals surface area contributed by atoms with Gasteiger partial charge >= 0.3 is 11.9 Å². The minimum atomic E-state index is -5.64. The highest BCUT2D eigenvalue weighted by atomic mass is 32.3. The molecule has 98 valence electrons. The molecule has 0 bridgehead atoms. The number of hydrogen-bond donors (Lipinski definition) is 0. The van der Waals surface area contributed by atoms with E-state index in [9.17, 15) is 39.1 Å². The van der Waals surface area contributed by atoms with Gasteiger partial charge in [0.05, 0.1) is 0 Å². The summed E-state index contributed by atoms with van der Waals surface area (Å²) in [4.78, 5) is 0. The van der Waals surface area contributed by atoms with Gasteiger partial charge in [0.2, 0.25) is 0 Å². The van der Waals surface area contributed by atoms with Crippen molar-refractivity contribution in [1.29, 1.82) is 0 Å². The molecule has 0 aromatic rings. The Labute approximate surface area is 85.7 Å². The van der Waals surface area contributed by atoms with Crippen molar-refractivity contribution < 1.29 is 43.5 Å². The lowest BCUT2D eigenvalue weighted by molar-refractivity contribution is -0.106. The summed E-state index contributed by atoms with van der Waals surface area (Å²) in [5, 5.41) is 0. The minimum Gasteiger partial charge on any atom is -0.211 e. The van der Waals surface area contributed by atoms with Gasteiger partial charge < -0.3 is 0 Å². The highest BCUT2D eigenvalue weighted by Gasteiger charge is 2.38. The summed E-state index contributed by atoms with van der Waals surface area (Å²) in [6.07, 6.45) is -5.29. The van der Waals surface area contributed by atoms with Crippen LogP contribution in [0.1, 0.15) is 0 Å². The van der Waals surface area contributed by atoms with Crippen LogP contribution in [0, 0.1) is 0 Å². The molecule has 0 rings (SSSR count). The van der Waals surface area contributed by atoms with Crippen LogP contribution in [0.2, 0.25) is 0 Å². The zero-order valence-electron chi connectivity index (χ0n) is 6.95. The molecule has 0 amide bonds. The smallest absolute Gasteiger partial charge is 0.211 e. The first-order chi connectivity index (χ1) is 6.92. The van der Waals surface area contributed by atoms with Crippen LogP contribution < -0.4 is 0 Å². The Balaban J connectivity index is 5.39. The lowest BCUT2D eigenvalue weighted by atomic mass is 10.8. The van der Waals surface area contributed by atoms with Gasteiger partial charge in [0.25, 0.3) is 20.0 Å². The van der Waals surface area contributed by atoms with Crippen molar-refractivity contribution in [2.45, 2.75) is 11.9 Å². The summed E-state index contributed by atoms with van der Waals surface area (Å²) in [7, 11) is -11.2. The fraction of sp³-hybridized carbons (Fsp3) is 1.00. The van der Waals surface area contributed by atoms with E-state index in [1.165, 1.54) is 0 Å². The van der Waals surface area contributed by atoms with E-state index in [1.807, 2.05) is 0 Å². The molecule has 0 aliphatic rings. The SMILES string of the molecule is O=S(=O)(CC(F)(F)F)N=S(=O)(OF)C(F)F. The minimum absolute atomic E-state index is 1.58. The number of hydrogen-bond acceptors (Lipinski definition) is 4. The second-order valence-electron chi connectivity index (χ2n) is 2.25. The summed E-state index contributed by atoms with van der Waals surface area (Å²) >= 11 is 0. The fourth-order valence-electron chi connectivity index (χ4n) is 0.463.